The number of nitrogens with zero attached hydrogens (tertiary/aromatic N) is 2. The van der Waals surface area contributed by atoms with Crippen LogP contribution in [0.3, 0.4) is 0 Å². The first-order valence-electron chi connectivity index (χ1n) is 10.2. The van der Waals surface area contributed by atoms with Crippen LogP contribution in [0.1, 0.15) is 73.0 Å². The number of halogens is 1. The second-order valence-electron chi connectivity index (χ2n) is 7.59. The number of carbonyl (C=O) groups is 1. The van der Waals surface area contributed by atoms with E-state index >= 15 is 0 Å². The highest BCUT2D eigenvalue weighted by molar-refractivity contribution is 6.03. The molecular formula is C23H25FN2O4. The standard InChI is InChI=1S/C23H25FN2O4/c1-3-18(30-19-12-8-7-11-17(19)24)21(27)20-14(2)16(13-25)22(28)26(23(20)29)15-9-5-4-6-10-15/h7-8,11-12,15,18,29H,3-6,9-10H2,1-2H3. The smallest absolute Gasteiger partial charge is 0.271 e. The van der Waals surface area contributed by atoms with Crippen molar-refractivity contribution in [1.29, 1.82) is 5.26 Å². The van der Waals surface area contributed by atoms with E-state index in [9.17, 15) is 24.3 Å². The predicted molar refractivity (Wildman–Crippen MR) is 109 cm³/mol. The van der Waals surface area contributed by atoms with Crippen LogP contribution in [-0.4, -0.2) is 21.6 Å². The van der Waals surface area contributed by atoms with Crippen molar-refractivity contribution in [2.24, 2.45) is 0 Å². The monoisotopic (exact) mass is 412 g/mol. The summed E-state index contributed by atoms with van der Waals surface area (Å²) in [5, 5.41) is 20.5. The maximum atomic E-state index is 14.0. The molecule has 1 aromatic carbocycles. The molecular weight excluding hydrogens is 387 g/mol. The Kier molecular flexibility index (Phi) is 6.56. The van der Waals surface area contributed by atoms with Crippen LogP contribution in [-0.2, 0) is 0 Å². The fraction of sp³-hybridized carbons (Fsp3) is 0.435. The maximum Gasteiger partial charge on any atom is 0.271 e. The summed E-state index contributed by atoms with van der Waals surface area (Å²) < 4.78 is 20.8. The zero-order chi connectivity index (χ0) is 21.8. The van der Waals surface area contributed by atoms with Gasteiger partial charge in [0.2, 0.25) is 11.7 Å². The third-order valence-corrected chi connectivity index (χ3v) is 5.70. The number of rotatable bonds is 6. The molecule has 6 nitrogen and oxygen atoms in total. The number of Topliss-reactive ketones (excluding diaryl/α,β-unsaturated/α-hetero) is 1. The zero-order valence-electron chi connectivity index (χ0n) is 17.2. The fourth-order valence-electron chi connectivity index (χ4n) is 4.07. The first-order valence-corrected chi connectivity index (χ1v) is 10.2. The molecule has 0 radical (unpaired) electrons. The van der Waals surface area contributed by atoms with Crippen molar-refractivity contribution < 1.29 is 19.0 Å². The van der Waals surface area contributed by atoms with E-state index in [1.54, 1.807) is 13.0 Å². The third kappa shape index (κ3) is 3.95. The van der Waals surface area contributed by atoms with E-state index in [-0.39, 0.29) is 34.9 Å². The third-order valence-electron chi connectivity index (χ3n) is 5.70. The summed E-state index contributed by atoms with van der Waals surface area (Å²) in [4.78, 5) is 26.2. The highest BCUT2D eigenvalue weighted by Gasteiger charge is 2.32. The van der Waals surface area contributed by atoms with Crippen LogP contribution < -0.4 is 10.3 Å². The van der Waals surface area contributed by atoms with Gasteiger partial charge in [-0.25, -0.2) is 4.39 Å². The summed E-state index contributed by atoms with van der Waals surface area (Å²) in [7, 11) is 0. The van der Waals surface area contributed by atoms with Crippen LogP contribution in [0.25, 0.3) is 0 Å². The average molecular weight is 412 g/mol. The second kappa shape index (κ2) is 9.12. The van der Waals surface area contributed by atoms with Crippen molar-refractivity contribution in [3.05, 3.63) is 57.1 Å². The Bertz CT molecular complexity index is 1050. The van der Waals surface area contributed by atoms with Crippen molar-refractivity contribution in [3.8, 4) is 17.7 Å². The van der Waals surface area contributed by atoms with Crippen LogP contribution in [0, 0.1) is 24.1 Å². The molecule has 1 N–H and O–H groups in total. The second-order valence-corrected chi connectivity index (χ2v) is 7.59. The predicted octanol–water partition coefficient (Wildman–Crippen LogP) is 4.42. The molecule has 1 saturated carbocycles. The molecule has 0 amide bonds. The number of para-hydroxylation sites is 1. The molecule has 1 aromatic heterocycles. The minimum Gasteiger partial charge on any atom is -0.494 e. The normalized spacial score (nSPS) is 15.4. The SMILES string of the molecule is CCC(Oc1ccccc1F)C(=O)c1c(C)c(C#N)c(=O)n(C2CCCCC2)c1O. The minimum absolute atomic E-state index is 0.0732. The van der Waals surface area contributed by atoms with Crippen molar-refractivity contribution >= 4 is 5.78 Å². The van der Waals surface area contributed by atoms with Gasteiger partial charge in [-0.3, -0.25) is 14.2 Å². The Morgan fingerprint density at radius 1 is 1.33 bits per heavy atom. The molecule has 0 aliphatic heterocycles. The van der Waals surface area contributed by atoms with E-state index < -0.39 is 29.1 Å². The molecule has 2 aromatic rings. The summed E-state index contributed by atoms with van der Waals surface area (Å²) in [5.74, 6) is -1.70. The lowest BCUT2D eigenvalue weighted by molar-refractivity contribution is 0.0773. The summed E-state index contributed by atoms with van der Waals surface area (Å²) in [6, 6.07) is 7.37. The first-order chi connectivity index (χ1) is 14.4. The molecule has 1 heterocycles. The van der Waals surface area contributed by atoms with Crippen molar-refractivity contribution in [2.75, 3.05) is 0 Å². The van der Waals surface area contributed by atoms with Crippen molar-refractivity contribution in [3.63, 3.8) is 0 Å². The topological polar surface area (TPSA) is 92.3 Å². The number of ketones is 1. The molecule has 7 heteroatoms. The van der Waals surface area contributed by atoms with Gasteiger partial charge >= 0.3 is 0 Å². The average Bonchev–Trinajstić information content (AvgIpc) is 2.74. The summed E-state index contributed by atoms with van der Waals surface area (Å²) in [5.41, 5.74) is -0.742. The Morgan fingerprint density at radius 3 is 2.60 bits per heavy atom. The Balaban J connectivity index is 2.09. The molecule has 1 unspecified atom stereocenters. The fourth-order valence-corrected chi connectivity index (χ4v) is 4.07. The largest absolute Gasteiger partial charge is 0.494 e. The van der Waals surface area contributed by atoms with Gasteiger partial charge in [0, 0.05) is 6.04 Å². The van der Waals surface area contributed by atoms with Gasteiger partial charge in [0.15, 0.2) is 17.7 Å². The van der Waals surface area contributed by atoms with E-state index in [4.69, 9.17) is 4.74 Å². The van der Waals surface area contributed by atoms with Gasteiger partial charge in [0.25, 0.3) is 5.56 Å². The van der Waals surface area contributed by atoms with Gasteiger partial charge in [-0.05, 0) is 43.9 Å². The molecule has 1 atom stereocenters. The Labute approximate surface area is 174 Å². The Hall–Kier alpha value is -3.14. The first kappa shape index (κ1) is 21.6. The molecule has 1 aliphatic rings. The van der Waals surface area contributed by atoms with E-state index in [1.165, 1.54) is 29.7 Å². The lowest BCUT2D eigenvalue weighted by atomic mass is 9.93. The minimum atomic E-state index is -1.07. The molecule has 1 aliphatic carbocycles. The van der Waals surface area contributed by atoms with Crippen LogP contribution in [0.2, 0.25) is 0 Å². The number of ether oxygens (including phenoxy) is 1. The number of aromatic hydroxyl groups is 1. The van der Waals surface area contributed by atoms with Gasteiger partial charge in [-0.15, -0.1) is 0 Å². The summed E-state index contributed by atoms with van der Waals surface area (Å²) in [6.45, 7) is 3.17. The number of nitriles is 1. The van der Waals surface area contributed by atoms with Gasteiger partial charge < -0.3 is 9.84 Å². The quantitative estimate of drug-likeness (QED) is 0.709. The molecule has 158 valence electrons. The van der Waals surface area contributed by atoms with E-state index in [2.05, 4.69) is 0 Å². The number of hydrogen-bond donors (Lipinski definition) is 1. The Morgan fingerprint density at radius 2 is 2.00 bits per heavy atom. The van der Waals surface area contributed by atoms with E-state index in [0.29, 0.717) is 12.8 Å². The number of aromatic nitrogens is 1. The van der Waals surface area contributed by atoms with Crippen LogP contribution in [0.4, 0.5) is 4.39 Å². The highest BCUT2D eigenvalue weighted by atomic mass is 19.1. The summed E-state index contributed by atoms with van der Waals surface area (Å²) >= 11 is 0. The molecule has 0 saturated heterocycles. The van der Waals surface area contributed by atoms with Gasteiger partial charge in [0.05, 0.1) is 5.56 Å². The van der Waals surface area contributed by atoms with E-state index in [0.717, 1.165) is 19.3 Å². The number of pyridine rings is 1. The lowest BCUT2D eigenvalue weighted by Crippen LogP contribution is -2.34. The lowest BCUT2D eigenvalue weighted by Gasteiger charge is -2.27. The maximum absolute atomic E-state index is 14.0. The van der Waals surface area contributed by atoms with Gasteiger partial charge in [-0.1, -0.05) is 38.3 Å². The molecule has 30 heavy (non-hydrogen) atoms. The van der Waals surface area contributed by atoms with Gasteiger partial charge in [-0.2, -0.15) is 5.26 Å². The molecule has 0 bridgehead atoms. The summed E-state index contributed by atoms with van der Waals surface area (Å²) in [6.07, 6.45) is 3.39. The molecule has 1 fully saturated rings. The van der Waals surface area contributed by atoms with Crippen LogP contribution in [0.15, 0.2) is 29.1 Å². The van der Waals surface area contributed by atoms with Crippen LogP contribution >= 0.6 is 0 Å². The number of carbonyl (C=O) groups excluding carboxylic acids is 1. The molecule has 0 spiro atoms. The number of benzene rings is 1. The highest BCUT2D eigenvalue weighted by Crippen LogP contribution is 2.34. The van der Waals surface area contributed by atoms with E-state index in [1.807, 2.05) is 6.07 Å². The number of hydrogen-bond acceptors (Lipinski definition) is 5. The van der Waals surface area contributed by atoms with Crippen LogP contribution in [0.5, 0.6) is 11.6 Å². The van der Waals surface area contributed by atoms with Gasteiger partial charge in [0.1, 0.15) is 11.6 Å². The van der Waals surface area contributed by atoms with Crippen molar-refractivity contribution in [2.45, 2.75) is 64.5 Å². The van der Waals surface area contributed by atoms with Crippen molar-refractivity contribution in [1.82, 2.24) is 4.57 Å². The molecule has 3 rings (SSSR count). The zero-order valence-corrected chi connectivity index (χ0v) is 17.2.